The number of carboxylic acids is 1. The number of carboxylic acid groups (broad SMARTS) is 1. The first-order valence-corrected chi connectivity index (χ1v) is 6.70. The van der Waals surface area contributed by atoms with E-state index in [0.717, 1.165) is 17.6 Å². The molecule has 8 nitrogen and oxygen atoms in total. The van der Waals surface area contributed by atoms with Crippen LogP contribution in [0.2, 0.25) is 0 Å². The van der Waals surface area contributed by atoms with Crippen LogP contribution >= 0.6 is 11.8 Å². The largest absolute Gasteiger partial charge is 0.481 e. The van der Waals surface area contributed by atoms with E-state index in [1.54, 1.807) is 18.1 Å². The Morgan fingerprint density at radius 2 is 2.26 bits per heavy atom. The van der Waals surface area contributed by atoms with Crippen LogP contribution in [0.15, 0.2) is 11.5 Å². The van der Waals surface area contributed by atoms with E-state index in [2.05, 4.69) is 20.3 Å². The van der Waals surface area contributed by atoms with Crippen LogP contribution < -0.4 is 0 Å². The molecule has 0 fully saturated rings. The van der Waals surface area contributed by atoms with Gasteiger partial charge in [-0.05, 0) is 0 Å². The molecule has 0 unspecified atom stereocenters. The van der Waals surface area contributed by atoms with E-state index in [1.807, 2.05) is 11.5 Å². The molecule has 102 valence electrons. The summed E-state index contributed by atoms with van der Waals surface area (Å²) in [6.07, 6.45) is 2.34. The third-order valence-corrected chi connectivity index (χ3v) is 3.33. The van der Waals surface area contributed by atoms with Crippen LogP contribution in [0, 0.1) is 0 Å². The lowest BCUT2D eigenvalue weighted by Gasteiger charge is -2.05. The molecule has 0 radical (unpaired) electrons. The van der Waals surface area contributed by atoms with Gasteiger partial charge in [0, 0.05) is 13.5 Å². The number of rotatable bonds is 6. The molecule has 2 rings (SSSR count). The van der Waals surface area contributed by atoms with Crippen molar-refractivity contribution in [2.75, 3.05) is 5.75 Å². The van der Waals surface area contributed by atoms with Gasteiger partial charge in [-0.15, -0.1) is 10.2 Å². The highest BCUT2D eigenvalue weighted by Gasteiger charge is 2.14. The average molecular weight is 282 g/mol. The van der Waals surface area contributed by atoms with Gasteiger partial charge in [-0.3, -0.25) is 14.0 Å². The Bertz CT molecular complexity index is 578. The predicted molar refractivity (Wildman–Crippen MR) is 67.9 cm³/mol. The van der Waals surface area contributed by atoms with Crippen LogP contribution in [-0.2, 0) is 24.8 Å². The zero-order valence-corrected chi connectivity index (χ0v) is 11.5. The summed E-state index contributed by atoms with van der Waals surface area (Å²) in [7, 11) is 1.80. The van der Waals surface area contributed by atoms with Crippen molar-refractivity contribution in [3.8, 4) is 0 Å². The van der Waals surface area contributed by atoms with Gasteiger partial charge in [-0.2, -0.15) is 5.10 Å². The second kappa shape index (κ2) is 5.83. The quantitative estimate of drug-likeness (QED) is 0.755. The lowest BCUT2D eigenvalue weighted by atomic mass is 10.4. The molecule has 1 N–H and O–H groups in total. The van der Waals surface area contributed by atoms with Gasteiger partial charge in [0.05, 0.1) is 12.3 Å². The third kappa shape index (κ3) is 3.31. The zero-order chi connectivity index (χ0) is 13.8. The van der Waals surface area contributed by atoms with Crippen LogP contribution in [0.5, 0.6) is 0 Å². The van der Waals surface area contributed by atoms with E-state index in [1.165, 1.54) is 0 Å². The minimum atomic E-state index is -0.881. The van der Waals surface area contributed by atoms with E-state index < -0.39 is 5.97 Å². The van der Waals surface area contributed by atoms with Gasteiger partial charge in [0.2, 0.25) is 0 Å². The molecule has 0 aromatic carbocycles. The number of aliphatic carboxylic acids is 1. The first kappa shape index (κ1) is 13.5. The van der Waals surface area contributed by atoms with Crippen molar-refractivity contribution in [2.24, 2.45) is 7.05 Å². The van der Waals surface area contributed by atoms with Crippen LogP contribution in [-0.4, -0.2) is 46.4 Å². The average Bonchev–Trinajstić information content (AvgIpc) is 2.94. The Labute approximate surface area is 113 Å². The highest BCUT2D eigenvalue weighted by molar-refractivity contribution is 7.99. The van der Waals surface area contributed by atoms with Gasteiger partial charge < -0.3 is 5.11 Å². The van der Waals surface area contributed by atoms with Crippen LogP contribution in [0.4, 0.5) is 0 Å². The Kier molecular flexibility index (Phi) is 4.15. The van der Waals surface area contributed by atoms with Crippen molar-refractivity contribution in [2.45, 2.75) is 25.0 Å². The van der Waals surface area contributed by atoms with Gasteiger partial charge in [0.25, 0.3) is 0 Å². The topological polar surface area (TPSA) is 98.7 Å². The summed E-state index contributed by atoms with van der Waals surface area (Å²) < 4.78 is 3.47. The SMILES string of the molecule is CCc1nnc(SCC(=O)O)n1Cc1ncn(C)n1. The van der Waals surface area contributed by atoms with Gasteiger partial charge >= 0.3 is 5.97 Å². The number of carbonyl (C=O) groups is 1. The lowest BCUT2D eigenvalue weighted by molar-refractivity contribution is -0.133. The molecule has 0 spiro atoms. The predicted octanol–water partition coefficient (Wildman–Crippen LogP) is 0.194. The summed E-state index contributed by atoms with van der Waals surface area (Å²) in [5.41, 5.74) is 0. The fraction of sp³-hybridized carbons (Fsp3) is 0.500. The summed E-state index contributed by atoms with van der Waals surface area (Å²) in [5, 5.41) is 21.6. The van der Waals surface area contributed by atoms with Crippen LogP contribution in [0.3, 0.4) is 0 Å². The van der Waals surface area contributed by atoms with Gasteiger partial charge in [-0.1, -0.05) is 18.7 Å². The minimum absolute atomic E-state index is 0.0442. The van der Waals surface area contributed by atoms with Crippen molar-refractivity contribution >= 4 is 17.7 Å². The molecule has 0 aliphatic heterocycles. The van der Waals surface area contributed by atoms with Crippen molar-refractivity contribution in [1.82, 2.24) is 29.5 Å². The molecule has 9 heteroatoms. The molecule has 0 saturated carbocycles. The molecule has 2 heterocycles. The summed E-state index contributed by atoms with van der Waals surface area (Å²) in [6.45, 7) is 2.41. The molecule has 0 saturated heterocycles. The Hall–Kier alpha value is -1.90. The highest BCUT2D eigenvalue weighted by atomic mass is 32.2. The number of nitrogens with zero attached hydrogens (tertiary/aromatic N) is 6. The van der Waals surface area contributed by atoms with Crippen LogP contribution in [0.25, 0.3) is 0 Å². The van der Waals surface area contributed by atoms with Crippen molar-refractivity contribution in [1.29, 1.82) is 0 Å². The molecule has 0 bridgehead atoms. The number of hydrogen-bond acceptors (Lipinski definition) is 6. The number of thioether (sulfide) groups is 1. The van der Waals surface area contributed by atoms with Crippen LogP contribution in [0.1, 0.15) is 18.6 Å². The fourth-order valence-electron chi connectivity index (χ4n) is 1.57. The number of hydrogen-bond donors (Lipinski definition) is 1. The molecule has 19 heavy (non-hydrogen) atoms. The van der Waals surface area contributed by atoms with E-state index in [0.29, 0.717) is 23.9 Å². The Balaban J connectivity index is 2.20. The van der Waals surface area contributed by atoms with Crippen molar-refractivity contribution in [3.63, 3.8) is 0 Å². The first-order chi connectivity index (χ1) is 9.10. The van der Waals surface area contributed by atoms with Gasteiger partial charge in [0.1, 0.15) is 12.2 Å². The molecule has 0 amide bonds. The number of aryl methyl sites for hydroxylation is 2. The standard InChI is InChI=1S/C10H14N6O2S/c1-3-8-12-13-10(19-5-9(17)18)16(8)4-7-11-6-15(2)14-7/h6H,3-5H2,1-2H3,(H,17,18). The zero-order valence-electron chi connectivity index (χ0n) is 10.6. The number of aromatic nitrogens is 6. The second-order valence-electron chi connectivity index (χ2n) is 3.86. The smallest absolute Gasteiger partial charge is 0.313 e. The highest BCUT2D eigenvalue weighted by Crippen LogP contribution is 2.18. The van der Waals surface area contributed by atoms with E-state index >= 15 is 0 Å². The molecule has 0 aliphatic carbocycles. The van der Waals surface area contributed by atoms with Gasteiger partial charge in [0.15, 0.2) is 11.0 Å². The maximum absolute atomic E-state index is 10.6. The van der Waals surface area contributed by atoms with Crippen molar-refractivity contribution in [3.05, 3.63) is 18.0 Å². The monoisotopic (exact) mass is 282 g/mol. The maximum atomic E-state index is 10.6. The molecule has 0 aliphatic rings. The summed E-state index contributed by atoms with van der Waals surface area (Å²) in [6, 6.07) is 0. The van der Waals surface area contributed by atoms with E-state index in [9.17, 15) is 4.79 Å². The normalized spacial score (nSPS) is 10.8. The van der Waals surface area contributed by atoms with Crippen molar-refractivity contribution < 1.29 is 9.90 Å². The molecular weight excluding hydrogens is 268 g/mol. The summed E-state index contributed by atoms with van der Waals surface area (Å²) >= 11 is 1.14. The molecule has 0 atom stereocenters. The van der Waals surface area contributed by atoms with Gasteiger partial charge in [-0.25, -0.2) is 4.98 Å². The van der Waals surface area contributed by atoms with E-state index in [4.69, 9.17) is 5.11 Å². The molecular formula is C10H14N6O2S. The second-order valence-corrected chi connectivity index (χ2v) is 4.80. The molecule has 2 aromatic rings. The lowest BCUT2D eigenvalue weighted by Crippen LogP contribution is -2.09. The summed E-state index contributed by atoms with van der Waals surface area (Å²) in [5.74, 6) is 0.514. The Morgan fingerprint density at radius 3 is 2.84 bits per heavy atom. The minimum Gasteiger partial charge on any atom is -0.481 e. The first-order valence-electron chi connectivity index (χ1n) is 5.71. The molecule has 2 aromatic heterocycles. The Morgan fingerprint density at radius 1 is 1.47 bits per heavy atom. The fourth-order valence-corrected chi connectivity index (χ4v) is 2.25. The van der Waals surface area contributed by atoms with E-state index in [-0.39, 0.29) is 5.75 Å². The summed E-state index contributed by atoms with van der Waals surface area (Å²) in [4.78, 5) is 14.8. The third-order valence-electron chi connectivity index (χ3n) is 2.38. The maximum Gasteiger partial charge on any atom is 0.313 e.